The van der Waals surface area contributed by atoms with E-state index in [1.807, 2.05) is 13.1 Å². The minimum atomic E-state index is 0.244. The maximum atomic E-state index is 4.36. The summed E-state index contributed by atoms with van der Waals surface area (Å²) in [6.45, 7) is 10.2. The molecule has 0 spiro atoms. The highest BCUT2D eigenvalue weighted by Crippen LogP contribution is 2.17. The monoisotopic (exact) mass is 316 g/mol. The summed E-state index contributed by atoms with van der Waals surface area (Å²) in [6, 6.07) is 11.3. The molecule has 1 aliphatic heterocycles. The Bertz CT molecular complexity index is 477. The van der Waals surface area contributed by atoms with Crippen molar-refractivity contribution < 1.29 is 0 Å². The van der Waals surface area contributed by atoms with Crippen LogP contribution in [0.3, 0.4) is 0 Å². The molecule has 1 aliphatic rings. The lowest BCUT2D eigenvalue weighted by atomic mass is 9.98. The van der Waals surface area contributed by atoms with Crippen molar-refractivity contribution in [1.29, 1.82) is 0 Å². The van der Waals surface area contributed by atoms with E-state index < -0.39 is 0 Å². The van der Waals surface area contributed by atoms with Gasteiger partial charge in [0.1, 0.15) is 0 Å². The fourth-order valence-corrected chi connectivity index (χ4v) is 3.07. The van der Waals surface area contributed by atoms with Gasteiger partial charge < -0.3 is 10.6 Å². The Labute approximate surface area is 141 Å². The molecular weight excluding hydrogens is 284 g/mol. The Balaban J connectivity index is 1.78. The zero-order valence-corrected chi connectivity index (χ0v) is 15.0. The number of guanidine groups is 1. The van der Waals surface area contributed by atoms with Crippen LogP contribution in [0.2, 0.25) is 0 Å². The van der Waals surface area contributed by atoms with E-state index in [0.717, 1.165) is 18.4 Å². The van der Waals surface area contributed by atoms with Gasteiger partial charge in [-0.1, -0.05) is 37.3 Å². The molecule has 0 amide bonds. The standard InChI is InChI=1S/C19H32N4/c1-15-10-12-23(13-11-15)16(2)14-21-19(20-4)22-17(3)18-8-6-5-7-9-18/h5-9,15-17H,10-14H2,1-4H3,(H2,20,21,22). The van der Waals surface area contributed by atoms with Gasteiger partial charge in [0.05, 0.1) is 6.04 Å². The fraction of sp³-hybridized carbons (Fsp3) is 0.632. The second kappa shape index (κ2) is 8.92. The van der Waals surface area contributed by atoms with Crippen LogP contribution in [0.5, 0.6) is 0 Å². The zero-order chi connectivity index (χ0) is 16.7. The third-order valence-electron chi connectivity index (χ3n) is 4.88. The molecule has 23 heavy (non-hydrogen) atoms. The summed E-state index contributed by atoms with van der Waals surface area (Å²) in [4.78, 5) is 6.94. The molecule has 0 bridgehead atoms. The van der Waals surface area contributed by atoms with Crippen LogP contribution in [0.15, 0.2) is 35.3 Å². The summed E-state index contributed by atoms with van der Waals surface area (Å²) in [7, 11) is 1.83. The SMILES string of the molecule is CN=C(NCC(C)N1CCC(C)CC1)NC(C)c1ccccc1. The molecule has 4 nitrogen and oxygen atoms in total. The summed E-state index contributed by atoms with van der Waals surface area (Å²) in [6.07, 6.45) is 2.64. The van der Waals surface area contributed by atoms with Crippen molar-refractivity contribution in [3.63, 3.8) is 0 Å². The quantitative estimate of drug-likeness (QED) is 0.648. The van der Waals surface area contributed by atoms with E-state index in [4.69, 9.17) is 0 Å². The van der Waals surface area contributed by atoms with Crippen molar-refractivity contribution in [2.24, 2.45) is 10.9 Å². The van der Waals surface area contributed by atoms with Crippen LogP contribution in [0.4, 0.5) is 0 Å². The van der Waals surface area contributed by atoms with E-state index in [1.54, 1.807) is 0 Å². The first kappa shape index (κ1) is 17.8. The van der Waals surface area contributed by atoms with Crippen molar-refractivity contribution in [1.82, 2.24) is 15.5 Å². The molecule has 2 atom stereocenters. The molecule has 1 aromatic rings. The molecule has 128 valence electrons. The third-order valence-corrected chi connectivity index (χ3v) is 4.88. The van der Waals surface area contributed by atoms with Gasteiger partial charge in [-0.2, -0.15) is 0 Å². The van der Waals surface area contributed by atoms with E-state index >= 15 is 0 Å². The first-order valence-corrected chi connectivity index (χ1v) is 8.86. The van der Waals surface area contributed by atoms with E-state index in [1.165, 1.54) is 31.5 Å². The van der Waals surface area contributed by atoms with Crippen LogP contribution in [0.25, 0.3) is 0 Å². The second-order valence-corrected chi connectivity index (χ2v) is 6.80. The number of likely N-dealkylation sites (tertiary alicyclic amines) is 1. The zero-order valence-electron chi connectivity index (χ0n) is 15.0. The van der Waals surface area contributed by atoms with Crippen LogP contribution >= 0.6 is 0 Å². The Morgan fingerprint density at radius 1 is 1.22 bits per heavy atom. The van der Waals surface area contributed by atoms with Gasteiger partial charge in [0.2, 0.25) is 0 Å². The number of nitrogens with zero attached hydrogens (tertiary/aromatic N) is 2. The highest BCUT2D eigenvalue weighted by Gasteiger charge is 2.20. The fourth-order valence-electron chi connectivity index (χ4n) is 3.07. The lowest BCUT2D eigenvalue weighted by Gasteiger charge is -2.35. The first-order valence-electron chi connectivity index (χ1n) is 8.86. The lowest BCUT2D eigenvalue weighted by Crippen LogP contribution is -2.48. The average molecular weight is 316 g/mol. The third kappa shape index (κ3) is 5.54. The van der Waals surface area contributed by atoms with Gasteiger partial charge in [-0.05, 0) is 51.3 Å². The van der Waals surface area contributed by atoms with Gasteiger partial charge >= 0.3 is 0 Å². The van der Waals surface area contributed by atoms with Crippen LogP contribution in [-0.4, -0.2) is 43.6 Å². The number of hydrogen-bond donors (Lipinski definition) is 2. The molecule has 1 fully saturated rings. The van der Waals surface area contributed by atoms with Crippen LogP contribution in [-0.2, 0) is 0 Å². The maximum absolute atomic E-state index is 4.36. The van der Waals surface area contributed by atoms with Crippen LogP contribution in [0, 0.1) is 5.92 Å². The van der Waals surface area contributed by atoms with Crippen molar-refractivity contribution >= 4 is 5.96 Å². The predicted octanol–water partition coefficient (Wildman–Crippen LogP) is 3.03. The molecule has 2 N–H and O–H groups in total. The normalized spacial score (nSPS) is 20.1. The van der Waals surface area contributed by atoms with E-state index in [2.05, 4.69) is 65.6 Å². The number of rotatable bonds is 5. The van der Waals surface area contributed by atoms with Crippen LogP contribution in [0.1, 0.15) is 45.2 Å². The molecular formula is C19H32N4. The number of piperidine rings is 1. The first-order chi connectivity index (χ1) is 11.1. The second-order valence-electron chi connectivity index (χ2n) is 6.80. The van der Waals surface area contributed by atoms with Crippen molar-refractivity contribution in [3.8, 4) is 0 Å². The molecule has 1 saturated heterocycles. The molecule has 0 saturated carbocycles. The van der Waals surface area contributed by atoms with Gasteiger partial charge in [0.15, 0.2) is 5.96 Å². The summed E-state index contributed by atoms with van der Waals surface area (Å²) >= 11 is 0. The van der Waals surface area contributed by atoms with Crippen LogP contribution < -0.4 is 10.6 Å². The van der Waals surface area contributed by atoms with Gasteiger partial charge in [0, 0.05) is 19.6 Å². The number of benzene rings is 1. The molecule has 2 unspecified atom stereocenters. The minimum Gasteiger partial charge on any atom is -0.355 e. The topological polar surface area (TPSA) is 39.7 Å². The predicted molar refractivity (Wildman–Crippen MR) is 98.8 cm³/mol. The molecule has 1 heterocycles. The molecule has 4 heteroatoms. The number of nitrogens with one attached hydrogen (secondary N) is 2. The van der Waals surface area contributed by atoms with Gasteiger partial charge in [-0.3, -0.25) is 9.89 Å². The highest BCUT2D eigenvalue weighted by atomic mass is 15.2. The number of aliphatic imine (C=N–C) groups is 1. The van der Waals surface area contributed by atoms with E-state index in [-0.39, 0.29) is 6.04 Å². The molecule has 1 aromatic carbocycles. The molecule has 0 radical (unpaired) electrons. The van der Waals surface area contributed by atoms with Gasteiger partial charge in [-0.15, -0.1) is 0 Å². The van der Waals surface area contributed by atoms with Crippen molar-refractivity contribution in [2.45, 2.75) is 45.7 Å². The van der Waals surface area contributed by atoms with Crippen molar-refractivity contribution in [2.75, 3.05) is 26.7 Å². The summed E-state index contributed by atoms with van der Waals surface area (Å²) in [5.41, 5.74) is 1.27. The number of hydrogen-bond acceptors (Lipinski definition) is 2. The lowest BCUT2D eigenvalue weighted by molar-refractivity contribution is 0.147. The summed E-state index contributed by atoms with van der Waals surface area (Å²) in [5.74, 6) is 1.76. The Morgan fingerprint density at radius 3 is 2.48 bits per heavy atom. The largest absolute Gasteiger partial charge is 0.355 e. The highest BCUT2D eigenvalue weighted by molar-refractivity contribution is 5.80. The van der Waals surface area contributed by atoms with Crippen molar-refractivity contribution in [3.05, 3.63) is 35.9 Å². The Morgan fingerprint density at radius 2 is 1.87 bits per heavy atom. The average Bonchev–Trinajstić information content (AvgIpc) is 2.59. The van der Waals surface area contributed by atoms with E-state index in [9.17, 15) is 0 Å². The van der Waals surface area contributed by atoms with Gasteiger partial charge in [-0.25, -0.2) is 0 Å². The minimum absolute atomic E-state index is 0.244. The Kier molecular flexibility index (Phi) is 6.90. The summed E-state index contributed by atoms with van der Waals surface area (Å²) in [5, 5.41) is 6.94. The van der Waals surface area contributed by atoms with Gasteiger partial charge in [0.25, 0.3) is 0 Å². The maximum Gasteiger partial charge on any atom is 0.191 e. The molecule has 0 aliphatic carbocycles. The molecule has 2 rings (SSSR count). The van der Waals surface area contributed by atoms with E-state index in [0.29, 0.717) is 6.04 Å². The smallest absolute Gasteiger partial charge is 0.191 e. The summed E-state index contributed by atoms with van der Waals surface area (Å²) < 4.78 is 0. The molecule has 0 aromatic heterocycles. The Hall–Kier alpha value is -1.55.